The molecule has 3 saturated heterocycles. The van der Waals surface area contributed by atoms with Gasteiger partial charge in [0, 0.05) is 19.2 Å². The summed E-state index contributed by atoms with van der Waals surface area (Å²) in [5.41, 5.74) is 8.27. The molecule has 23 nitrogen and oxygen atoms in total. The van der Waals surface area contributed by atoms with Gasteiger partial charge in [-0.25, -0.2) is 38.1 Å². The maximum Gasteiger partial charge on any atom is 1.00 e. The fraction of sp³-hybridized carbons (Fsp3) is 0.778. The van der Waals surface area contributed by atoms with Crippen molar-refractivity contribution in [1.29, 1.82) is 0 Å². The molecule has 3 aliphatic rings. The van der Waals surface area contributed by atoms with Crippen molar-refractivity contribution >= 4 is 31.2 Å². The van der Waals surface area contributed by atoms with Gasteiger partial charge in [-0.3, -0.25) is 13.3 Å². The van der Waals surface area contributed by atoms with Gasteiger partial charge in [0.2, 0.25) is 31.2 Å². The standard InChI is InChI=1S/C18H28NO14S.6Na.2H2O4S/c1-2-27-13-4-9(21)11(6-29-13)31-18-15(19)16(23)17(12(32-18)7-30-34(24,25)26)33-14-3-8(20)10(22)5-28-14;;;;;;;2*1-5(2,3)4/h3-6,8-23H,2,7H2,1H3,(H,24,25,26);;;;;;;2*(H2,1,2,3,4)/q-5;6*+1;;/p-3/t8-,9-,10+,11+,12?,13+,14-,15?,16+,17+,18+;;;;;;;;/m0......../s1. The summed E-state index contributed by atoms with van der Waals surface area (Å²) >= 11 is 0. The number of aliphatic hydroxyl groups is 4. The van der Waals surface area contributed by atoms with Crippen LogP contribution in [0.4, 0.5) is 0 Å². The van der Waals surface area contributed by atoms with Gasteiger partial charge in [0.15, 0.2) is 0 Å². The largest absolute Gasteiger partial charge is 1.00 e. The second kappa shape index (κ2) is 32.0. The first-order valence-electron chi connectivity index (χ1n) is 11.6. The average molecular weight is 846 g/mol. The van der Waals surface area contributed by atoms with Crippen molar-refractivity contribution in [3.8, 4) is 0 Å². The average Bonchev–Trinajstić information content (AvgIpc) is 2.84. The second-order valence-electron chi connectivity index (χ2n) is 8.40. The normalized spacial score (nSPS) is 32.3. The van der Waals surface area contributed by atoms with Crippen LogP contribution in [-0.4, -0.2) is 149 Å². The molecular weight excluding hydrogens is 816 g/mol. The monoisotopic (exact) mass is 845 g/mol. The molecule has 3 rings (SSSR count). The number of rotatable bonds is 9. The minimum absolute atomic E-state index is 0. The molecule has 7 N–H and O–H groups in total. The van der Waals surface area contributed by atoms with E-state index in [0.29, 0.717) is 6.61 Å². The van der Waals surface area contributed by atoms with Gasteiger partial charge in [-0.1, -0.05) is 18.2 Å². The quantitative estimate of drug-likeness (QED) is 0.0543. The van der Waals surface area contributed by atoms with Gasteiger partial charge in [0.1, 0.15) is 18.5 Å². The third kappa shape index (κ3) is 31.1. The Morgan fingerprint density at radius 2 is 1.20 bits per heavy atom. The summed E-state index contributed by atoms with van der Waals surface area (Å²) < 4.78 is 135. The van der Waals surface area contributed by atoms with Crippen molar-refractivity contribution in [3.05, 3.63) is 31.8 Å². The summed E-state index contributed by atoms with van der Waals surface area (Å²) in [6.45, 7) is 3.15. The number of nitrogens with one attached hydrogen (secondary N) is 1. The summed E-state index contributed by atoms with van der Waals surface area (Å²) in [6, 6.07) is -1.54. The summed E-state index contributed by atoms with van der Waals surface area (Å²) in [6.07, 6.45) is -11.0. The van der Waals surface area contributed by atoms with Crippen LogP contribution in [0.1, 0.15) is 6.92 Å². The van der Waals surface area contributed by atoms with Crippen LogP contribution >= 0.6 is 0 Å². The molecule has 264 valence electrons. The van der Waals surface area contributed by atoms with Gasteiger partial charge in [-0.05, 0) is 19.1 Å². The maximum absolute atomic E-state index is 10.9. The van der Waals surface area contributed by atoms with E-state index in [4.69, 9.17) is 69.2 Å². The Balaban J connectivity index is -0.000000267. The molecule has 0 aromatic heterocycles. The van der Waals surface area contributed by atoms with Crippen LogP contribution in [0.5, 0.6) is 0 Å². The molecule has 11 atom stereocenters. The van der Waals surface area contributed by atoms with Crippen molar-refractivity contribution < 1.29 is 278 Å². The molecule has 0 aliphatic carbocycles. The molecule has 3 aliphatic heterocycles. The van der Waals surface area contributed by atoms with Crippen LogP contribution < -0.4 is 177 Å². The van der Waals surface area contributed by atoms with Crippen LogP contribution in [0.2, 0.25) is 0 Å². The van der Waals surface area contributed by atoms with Crippen molar-refractivity contribution in [2.24, 2.45) is 0 Å². The molecule has 0 radical (unpaired) electrons. The third-order valence-corrected chi connectivity index (χ3v) is 5.48. The predicted octanol–water partition coefficient (Wildman–Crippen LogP) is -22.7. The van der Waals surface area contributed by atoms with E-state index >= 15 is 0 Å². The van der Waals surface area contributed by atoms with E-state index in [0.717, 1.165) is 19.6 Å². The Hall–Kier alpha value is 5.17. The van der Waals surface area contributed by atoms with Crippen molar-refractivity contribution in [2.45, 2.75) is 74.6 Å². The van der Waals surface area contributed by atoms with Gasteiger partial charge in [-0.2, -0.15) is 13.2 Å². The van der Waals surface area contributed by atoms with E-state index < -0.39 is 105 Å². The fourth-order valence-electron chi connectivity index (χ4n) is 3.36. The van der Waals surface area contributed by atoms with E-state index in [2.05, 4.69) is 4.18 Å². The zero-order chi connectivity index (χ0) is 34.0. The molecule has 50 heavy (non-hydrogen) atoms. The first-order valence-corrected chi connectivity index (χ1v) is 15.7. The zero-order valence-electron chi connectivity index (χ0n) is 28.0. The van der Waals surface area contributed by atoms with Crippen molar-refractivity contribution in [2.75, 3.05) is 13.2 Å². The van der Waals surface area contributed by atoms with E-state index in [-0.39, 0.29) is 177 Å². The Kier molecular flexibility index (Phi) is 42.9. The first-order chi connectivity index (χ1) is 20.0. The van der Waals surface area contributed by atoms with Gasteiger partial charge in [-0.15, -0.1) is 0 Å². The molecule has 32 heteroatoms. The molecule has 0 aromatic rings. The van der Waals surface area contributed by atoms with Gasteiger partial charge >= 0.3 is 177 Å². The van der Waals surface area contributed by atoms with Gasteiger partial charge in [0.05, 0.1) is 12.7 Å². The first kappa shape index (κ1) is 67.0. The van der Waals surface area contributed by atoms with E-state index in [9.17, 15) is 33.4 Å². The zero-order valence-corrected chi connectivity index (χ0v) is 42.5. The molecule has 3 fully saturated rings. The van der Waals surface area contributed by atoms with Crippen LogP contribution in [0, 0.1) is 26.1 Å². The number of hydrogen-bond acceptors (Lipinski definition) is 20. The van der Waals surface area contributed by atoms with Crippen LogP contribution in [0.25, 0.3) is 5.73 Å². The number of ether oxygens (including phenoxy) is 6. The van der Waals surface area contributed by atoms with Crippen LogP contribution in [-0.2, 0) is 63.8 Å². The minimum Gasteiger partial charge on any atom is -0.726 e. The van der Waals surface area contributed by atoms with Crippen LogP contribution in [0.15, 0.2) is 0 Å². The molecule has 0 aromatic carbocycles. The van der Waals surface area contributed by atoms with E-state index in [1.165, 1.54) is 6.42 Å². The summed E-state index contributed by atoms with van der Waals surface area (Å²) in [4.78, 5) is 0. The Bertz CT molecular complexity index is 1150. The SMILES string of the molecule is CCO[C@H]1[CH-][C@H](O)[C@H](O[C@@H]2OC(COS(=O)(=O)[O-])[C@@H](O[C@H]3[CH-][C@H](O)[C@H](O)[CH-]O3)[C@H](O)C2[NH-])[CH-]O1.O=S(=O)([O-])O.O=S(=O)([O-])O.[Na+].[Na+].[Na+].[Na+].[Na+].[Na+]. The molecule has 0 amide bonds. The third-order valence-electron chi connectivity index (χ3n) is 5.06. The van der Waals surface area contributed by atoms with Crippen molar-refractivity contribution in [3.63, 3.8) is 0 Å². The van der Waals surface area contributed by atoms with Crippen molar-refractivity contribution in [1.82, 2.24) is 0 Å². The minimum atomic E-state index is -5.15. The fourth-order valence-corrected chi connectivity index (χ4v) is 3.66. The number of aliphatic hydroxyl groups excluding tert-OH is 4. The predicted molar refractivity (Wildman–Crippen MR) is 129 cm³/mol. The van der Waals surface area contributed by atoms with Crippen LogP contribution in [0.3, 0.4) is 0 Å². The maximum atomic E-state index is 10.9. The molecular formula is C18H29NNa6O22S3-2. The van der Waals surface area contributed by atoms with E-state index in [1.54, 1.807) is 6.92 Å². The van der Waals surface area contributed by atoms with Gasteiger partial charge < -0.3 is 68.2 Å². The number of hydrogen-bond donors (Lipinski definition) is 6. The van der Waals surface area contributed by atoms with E-state index in [1.807, 2.05) is 0 Å². The molecule has 2 unspecified atom stereocenters. The van der Waals surface area contributed by atoms with Gasteiger partial charge in [0.25, 0.3) is 0 Å². The second-order valence-corrected chi connectivity index (χ2v) is 11.2. The molecule has 3 heterocycles. The molecule has 0 bridgehead atoms. The summed E-state index contributed by atoms with van der Waals surface area (Å²) in [7, 11) is -15.0. The molecule has 0 spiro atoms. The Morgan fingerprint density at radius 1 is 0.740 bits per heavy atom. The topological polar surface area (TPSA) is 381 Å². The summed E-state index contributed by atoms with van der Waals surface area (Å²) in [5, 5.41) is 40.1. The Morgan fingerprint density at radius 3 is 1.62 bits per heavy atom. The summed E-state index contributed by atoms with van der Waals surface area (Å²) in [5.74, 6) is 0. The molecule has 0 saturated carbocycles. The smallest absolute Gasteiger partial charge is 0.726 e. The Labute approximate surface area is 422 Å².